The van der Waals surface area contributed by atoms with Crippen molar-refractivity contribution in [3.8, 4) is 17.5 Å². The van der Waals surface area contributed by atoms with Crippen LogP contribution >= 0.6 is 11.6 Å². The highest BCUT2D eigenvalue weighted by Crippen LogP contribution is 2.36. The average Bonchev–Trinajstić information content (AvgIpc) is 2.49. The van der Waals surface area contributed by atoms with Crippen molar-refractivity contribution in [3.05, 3.63) is 17.3 Å². The molecule has 0 saturated heterocycles. The number of carbonyl (C=O) groups excluding carboxylic acids is 1. The second kappa shape index (κ2) is 6.45. The standard InChI is InChI=1S/C13H13ClN2O5/c1-4-20-13(17)21-8-6-15-11-7(10(8)14)5-9(18-2)16-12(11)19-3/h5-6H,4H2,1-3H3. The number of nitrogens with zero attached hydrogens (tertiary/aromatic N) is 2. The molecule has 0 N–H and O–H groups in total. The summed E-state index contributed by atoms with van der Waals surface area (Å²) in [6.07, 6.45) is 0.451. The Morgan fingerprint density at radius 3 is 2.71 bits per heavy atom. The van der Waals surface area contributed by atoms with Gasteiger partial charge in [-0.2, -0.15) is 4.98 Å². The highest BCUT2D eigenvalue weighted by Gasteiger charge is 2.17. The first-order valence-corrected chi connectivity index (χ1v) is 6.40. The maximum atomic E-state index is 11.4. The van der Waals surface area contributed by atoms with Crippen LogP contribution in [-0.2, 0) is 4.74 Å². The van der Waals surface area contributed by atoms with E-state index in [2.05, 4.69) is 9.97 Å². The van der Waals surface area contributed by atoms with Crippen molar-refractivity contribution in [2.24, 2.45) is 0 Å². The van der Waals surface area contributed by atoms with Crippen LogP contribution in [0.2, 0.25) is 5.02 Å². The summed E-state index contributed by atoms with van der Waals surface area (Å²) in [5.41, 5.74) is 0.430. The van der Waals surface area contributed by atoms with Crippen molar-refractivity contribution in [3.63, 3.8) is 0 Å². The lowest BCUT2D eigenvalue weighted by Crippen LogP contribution is -2.10. The number of fused-ring (bicyclic) bond motifs is 1. The second-order valence-corrected chi connectivity index (χ2v) is 4.17. The van der Waals surface area contributed by atoms with Crippen molar-refractivity contribution in [1.82, 2.24) is 9.97 Å². The van der Waals surface area contributed by atoms with Crippen LogP contribution in [0.4, 0.5) is 4.79 Å². The summed E-state index contributed by atoms with van der Waals surface area (Å²) in [5.74, 6) is 0.642. The van der Waals surface area contributed by atoms with Crippen molar-refractivity contribution in [1.29, 1.82) is 0 Å². The van der Waals surface area contributed by atoms with Crippen LogP contribution in [0.1, 0.15) is 6.92 Å². The number of hydrogen-bond acceptors (Lipinski definition) is 7. The summed E-state index contributed by atoms with van der Waals surface area (Å²) in [6, 6.07) is 1.57. The number of rotatable bonds is 4. The minimum atomic E-state index is -0.853. The molecule has 2 rings (SSSR count). The molecular weight excluding hydrogens is 300 g/mol. The molecule has 0 amide bonds. The van der Waals surface area contributed by atoms with Gasteiger partial charge < -0.3 is 18.9 Å². The molecule has 0 aromatic carbocycles. The number of halogens is 1. The molecule has 112 valence electrons. The number of carbonyl (C=O) groups is 1. The fourth-order valence-corrected chi connectivity index (χ4v) is 1.88. The van der Waals surface area contributed by atoms with Gasteiger partial charge >= 0.3 is 6.16 Å². The number of aromatic nitrogens is 2. The van der Waals surface area contributed by atoms with E-state index in [1.807, 2.05) is 0 Å². The lowest BCUT2D eigenvalue weighted by Gasteiger charge is -2.10. The lowest BCUT2D eigenvalue weighted by atomic mass is 10.2. The summed E-state index contributed by atoms with van der Waals surface area (Å²) in [7, 11) is 2.92. The van der Waals surface area contributed by atoms with E-state index in [1.165, 1.54) is 20.4 Å². The first-order chi connectivity index (χ1) is 10.1. The highest BCUT2D eigenvalue weighted by molar-refractivity contribution is 6.37. The Morgan fingerprint density at radius 2 is 2.10 bits per heavy atom. The van der Waals surface area contributed by atoms with Gasteiger partial charge in [0.05, 0.1) is 32.0 Å². The van der Waals surface area contributed by atoms with E-state index in [-0.39, 0.29) is 23.3 Å². The van der Waals surface area contributed by atoms with Crippen molar-refractivity contribution >= 4 is 28.7 Å². The van der Waals surface area contributed by atoms with Crippen LogP contribution in [-0.4, -0.2) is 36.9 Å². The molecule has 0 fully saturated rings. The summed E-state index contributed by atoms with van der Waals surface area (Å²) in [4.78, 5) is 19.6. The molecule has 0 atom stereocenters. The normalized spacial score (nSPS) is 10.3. The predicted octanol–water partition coefficient (Wildman–Crippen LogP) is 2.84. The average molecular weight is 313 g/mol. The molecule has 2 heterocycles. The summed E-state index contributed by atoms with van der Waals surface area (Å²) < 4.78 is 19.9. The van der Waals surface area contributed by atoms with E-state index in [0.29, 0.717) is 16.8 Å². The zero-order chi connectivity index (χ0) is 15.4. The first kappa shape index (κ1) is 15.1. The van der Waals surface area contributed by atoms with Crippen molar-refractivity contribution in [2.75, 3.05) is 20.8 Å². The van der Waals surface area contributed by atoms with Crippen molar-refractivity contribution in [2.45, 2.75) is 6.92 Å². The van der Waals surface area contributed by atoms with Gasteiger partial charge in [-0.05, 0) is 6.92 Å². The third kappa shape index (κ3) is 3.08. The molecule has 0 radical (unpaired) electrons. The number of pyridine rings is 2. The van der Waals surface area contributed by atoms with Crippen LogP contribution in [0.3, 0.4) is 0 Å². The van der Waals surface area contributed by atoms with Crippen LogP contribution in [0, 0.1) is 0 Å². The summed E-state index contributed by atoms with van der Waals surface area (Å²) in [5, 5.41) is 0.675. The Labute approximate surface area is 125 Å². The van der Waals surface area contributed by atoms with Crippen LogP contribution < -0.4 is 14.2 Å². The van der Waals surface area contributed by atoms with Gasteiger partial charge in [0, 0.05) is 11.5 Å². The minimum absolute atomic E-state index is 0.0814. The van der Waals surface area contributed by atoms with Gasteiger partial charge in [0.1, 0.15) is 5.52 Å². The van der Waals surface area contributed by atoms with Crippen LogP contribution in [0.25, 0.3) is 10.9 Å². The third-order valence-corrected chi connectivity index (χ3v) is 2.95. The molecule has 2 aromatic heterocycles. The Hall–Kier alpha value is -2.28. The monoisotopic (exact) mass is 312 g/mol. The zero-order valence-electron chi connectivity index (χ0n) is 11.7. The Bertz CT molecular complexity index is 677. The topological polar surface area (TPSA) is 79.8 Å². The number of ether oxygens (including phenoxy) is 4. The van der Waals surface area contributed by atoms with E-state index in [1.54, 1.807) is 13.0 Å². The van der Waals surface area contributed by atoms with E-state index in [0.717, 1.165) is 0 Å². The maximum absolute atomic E-state index is 11.4. The fraction of sp³-hybridized carbons (Fsp3) is 0.308. The Balaban J connectivity index is 2.52. The van der Waals surface area contributed by atoms with Gasteiger partial charge in [0.25, 0.3) is 0 Å². The van der Waals surface area contributed by atoms with Crippen LogP contribution in [0.15, 0.2) is 12.3 Å². The van der Waals surface area contributed by atoms with Crippen LogP contribution in [0.5, 0.6) is 17.5 Å². The fourth-order valence-electron chi connectivity index (χ4n) is 1.65. The molecular formula is C13H13ClN2O5. The molecule has 0 aliphatic carbocycles. The summed E-state index contributed by atoms with van der Waals surface area (Å²) >= 11 is 6.23. The van der Waals surface area contributed by atoms with Gasteiger partial charge in [0.2, 0.25) is 11.8 Å². The maximum Gasteiger partial charge on any atom is 0.513 e. The number of hydrogen-bond donors (Lipinski definition) is 0. The predicted molar refractivity (Wildman–Crippen MR) is 75.3 cm³/mol. The molecule has 0 unspecified atom stereocenters. The zero-order valence-corrected chi connectivity index (χ0v) is 12.4. The molecule has 0 spiro atoms. The Morgan fingerprint density at radius 1 is 1.33 bits per heavy atom. The van der Waals surface area contributed by atoms with Gasteiger partial charge in [-0.3, -0.25) is 0 Å². The quantitative estimate of drug-likeness (QED) is 0.803. The van der Waals surface area contributed by atoms with Crippen molar-refractivity contribution < 1.29 is 23.7 Å². The smallest absolute Gasteiger partial charge is 0.481 e. The SMILES string of the molecule is CCOC(=O)Oc1cnc2c(OC)nc(OC)cc2c1Cl. The molecule has 0 aliphatic heterocycles. The molecule has 21 heavy (non-hydrogen) atoms. The largest absolute Gasteiger partial charge is 0.513 e. The minimum Gasteiger partial charge on any atom is -0.481 e. The second-order valence-electron chi connectivity index (χ2n) is 3.79. The number of methoxy groups -OCH3 is 2. The molecule has 0 aliphatic rings. The van der Waals surface area contributed by atoms with Gasteiger partial charge in [-0.25, -0.2) is 9.78 Å². The molecule has 8 heteroatoms. The van der Waals surface area contributed by atoms with E-state index in [9.17, 15) is 4.79 Å². The van der Waals surface area contributed by atoms with Gasteiger partial charge in [-0.1, -0.05) is 11.6 Å². The van der Waals surface area contributed by atoms with Gasteiger partial charge in [-0.15, -0.1) is 0 Å². The van der Waals surface area contributed by atoms with E-state index >= 15 is 0 Å². The first-order valence-electron chi connectivity index (χ1n) is 6.02. The summed E-state index contributed by atoms with van der Waals surface area (Å²) in [6.45, 7) is 1.87. The van der Waals surface area contributed by atoms with E-state index in [4.69, 9.17) is 30.5 Å². The molecule has 7 nitrogen and oxygen atoms in total. The van der Waals surface area contributed by atoms with Gasteiger partial charge in [0.15, 0.2) is 5.75 Å². The lowest BCUT2D eigenvalue weighted by molar-refractivity contribution is 0.104. The Kier molecular flexibility index (Phi) is 4.64. The molecule has 0 bridgehead atoms. The molecule has 0 saturated carbocycles. The highest BCUT2D eigenvalue weighted by atomic mass is 35.5. The molecule has 2 aromatic rings. The third-order valence-electron chi connectivity index (χ3n) is 2.56. The van der Waals surface area contributed by atoms with E-state index < -0.39 is 6.16 Å².